The van der Waals surface area contributed by atoms with E-state index in [-0.39, 0.29) is 30.6 Å². The van der Waals surface area contributed by atoms with E-state index in [9.17, 15) is 18.0 Å². The summed E-state index contributed by atoms with van der Waals surface area (Å²) in [6, 6.07) is 6.06. The smallest absolute Gasteiger partial charge is 0.422 e. The molecule has 2 rings (SSSR count). The minimum absolute atomic E-state index is 0. The van der Waals surface area contributed by atoms with Crippen molar-refractivity contribution >= 4 is 18.3 Å². The molecule has 1 aliphatic carbocycles. The Morgan fingerprint density at radius 1 is 1.29 bits per heavy atom. The van der Waals surface area contributed by atoms with Crippen LogP contribution in [0.3, 0.4) is 0 Å². The van der Waals surface area contributed by atoms with Crippen LogP contribution in [0.15, 0.2) is 24.3 Å². The van der Waals surface area contributed by atoms with Crippen LogP contribution in [0.4, 0.5) is 13.2 Å². The van der Waals surface area contributed by atoms with Crippen molar-refractivity contribution in [3.05, 3.63) is 29.8 Å². The zero-order valence-corrected chi connectivity index (χ0v) is 11.9. The maximum Gasteiger partial charge on any atom is 0.422 e. The van der Waals surface area contributed by atoms with Gasteiger partial charge in [-0.15, -0.1) is 12.4 Å². The predicted octanol–water partition coefficient (Wildman–Crippen LogP) is 2.16. The van der Waals surface area contributed by atoms with Gasteiger partial charge in [-0.05, 0) is 30.5 Å². The van der Waals surface area contributed by atoms with E-state index < -0.39 is 18.3 Å². The number of hydrogen-bond donors (Lipinski definition) is 2. The minimum atomic E-state index is -4.35. The topological polar surface area (TPSA) is 64.4 Å². The number of carbonyl (C=O) groups is 1. The van der Waals surface area contributed by atoms with Crippen LogP contribution in [0.25, 0.3) is 0 Å². The van der Waals surface area contributed by atoms with E-state index in [0.29, 0.717) is 12.8 Å². The molecule has 0 heterocycles. The van der Waals surface area contributed by atoms with E-state index in [4.69, 9.17) is 5.73 Å². The molecule has 1 saturated carbocycles. The van der Waals surface area contributed by atoms with Gasteiger partial charge in [-0.2, -0.15) is 13.2 Å². The van der Waals surface area contributed by atoms with Crippen LogP contribution < -0.4 is 15.8 Å². The average molecular weight is 325 g/mol. The van der Waals surface area contributed by atoms with Crippen LogP contribution in [-0.4, -0.2) is 24.2 Å². The zero-order chi connectivity index (χ0) is 14.8. The Kier molecular flexibility index (Phi) is 5.47. The molecular weight excluding hydrogens is 309 g/mol. The summed E-state index contributed by atoms with van der Waals surface area (Å²) < 4.78 is 40.5. The second-order valence-corrected chi connectivity index (χ2v) is 4.89. The number of rotatable bonds is 5. The molecule has 1 amide bonds. The zero-order valence-electron chi connectivity index (χ0n) is 11.1. The lowest BCUT2D eigenvalue weighted by molar-refractivity contribution is -0.153. The standard InChI is InChI=1S/C13H15F3N2O2.ClH/c14-13(15,16)8-20-10-3-1-9(2-4-10)7-18-11(19)12(17)5-6-12;/h1-4H,5-8,17H2,(H,18,19);1H. The molecule has 118 valence electrons. The van der Waals surface area contributed by atoms with Crippen LogP contribution in [0.5, 0.6) is 5.75 Å². The first-order valence-electron chi connectivity index (χ1n) is 6.14. The second-order valence-electron chi connectivity index (χ2n) is 4.89. The quantitative estimate of drug-likeness (QED) is 0.872. The third-order valence-electron chi connectivity index (χ3n) is 3.02. The summed E-state index contributed by atoms with van der Waals surface area (Å²) in [7, 11) is 0. The molecule has 0 spiro atoms. The first-order valence-corrected chi connectivity index (χ1v) is 6.14. The van der Waals surface area contributed by atoms with Crippen LogP contribution in [0.1, 0.15) is 18.4 Å². The largest absolute Gasteiger partial charge is 0.484 e. The van der Waals surface area contributed by atoms with Crippen LogP contribution in [-0.2, 0) is 11.3 Å². The molecule has 1 aliphatic rings. The van der Waals surface area contributed by atoms with E-state index >= 15 is 0 Å². The van der Waals surface area contributed by atoms with Crippen molar-refractivity contribution in [3.63, 3.8) is 0 Å². The SMILES string of the molecule is Cl.NC1(C(=O)NCc2ccc(OCC(F)(F)F)cc2)CC1. The molecule has 0 bridgehead atoms. The Hall–Kier alpha value is -1.47. The van der Waals surface area contributed by atoms with Crippen molar-refractivity contribution in [2.45, 2.75) is 31.1 Å². The molecular formula is C13H16ClF3N2O2. The number of alkyl halides is 3. The molecule has 0 saturated heterocycles. The fourth-order valence-corrected chi connectivity index (χ4v) is 1.59. The lowest BCUT2D eigenvalue weighted by Crippen LogP contribution is -2.42. The van der Waals surface area contributed by atoms with Gasteiger partial charge in [-0.3, -0.25) is 4.79 Å². The molecule has 21 heavy (non-hydrogen) atoms. The third kappa shape index (κ3) is 5.43. The van der Waals surface area contributed by atoms with Crippen molar-refractivity contribution in [2.75, 3.05) is 6.61 Å². The summed E-state index contributed by atoms with van der Waals surface area (Å²) in [6.07, 6.45) is -2.99. The maximum atomic E-state index is 12.0. The molecule has 0 aromatic heterocycles. The number of ether oxygens (including phenoxy) is 1. The normalized spacial score (nSPS) is 15.8. The molecule has 1 fully saturated rings. The van der Waals surface area contributed by atoms with Crippen LogP contribution >= 0.6 is 12.4 Å². The van der Waals surface area contributed by atoms with Crippen LogP contribution in [0, 0.1) is 0 Å². The highest BCUT2D eigenvalue weighted by Gasteiger charge is 2.45. The summed E-state index contributed by atoms with van der Waals surface area (Å²) in [5.74, 6) is -0.0650. The van der Waals surface area contributed by atoms with E-state index in [2.05, 4.69) is 10.1 Å². The van der Waals surface area contributed by atoms with Gasteiger partial charge in [-0.25, -0.2) is 0 Å². The second kappa shape index (κ2) is 6.53. The van der Waals surface area contributed by atoms with Gasteiger partial charge in [-0.1, -0.05) is 12.1 Å². The summed E-state index contributed by atoms with van der Waals surface area (Å²) in [5.41, 5.74) is 5.76. The molecule has 0 aliphatic heterocycles. The fraction of sp³-hybridized carbons (Fsp3) is 0.462. The number of amides is 1. The van der Waals surface area contributed by atoms with Crippen molar-refractivity contribution in [1.29, 1.82) is 0 Å². The van der Waals surface area contributed by atoms with Crippen LogP contribution in [0.2, 0.25) is 0 Å². The summed E-state index contributed by atoms with van der Waals surface area (Å²) in [4.78, 5) is 11.6. The van der Waals surface area contributed by atoms with Crippen molar-refractivity contribution in [2.24, 2.45) is 5.73 Å². The molecule has 0 atom stereocenters. The number of halogens is 4. The Balaban J connectivity index is 0.00000220. The molecule has 3 N–H and O–H groups in total. The van der Waals surface area contributed by atoms with Gasteiger partial charge in [0.05, 0.1) is 5.54 Å². The molecule has 1 aromatic rings. The predicted molar refractivity (Wildman–Crippen MR) is 73.2 cm³/mol. The van der Waals surface area contributed by atoms with E-state index in [1.165, 1.54) is 12.1 Å². The van der Waals surface area contributed by atoms with Gasteiger partial charge in [0.2, 0.25) is 5.91 Å². The summed E-state index contributed by atoms with van der Waals surface area (Å²) in [6.45, 7) is -1.03. The first-order chi connectivity index (χ1) is 9.28. The summed E-state index contributed by atoms with van der Waals surface area (Å²) >= 11 is 0. The molecule has 4 nitrogen and oxygen atoms in total. The molecule has 0 unspecified atom stereocenters. The summed E-state index contributed by atoms with van der Waals surface area (Å²) in [5, 5.41) is 2.69. The van der Waals surface area contributed by atoms with Crippen molar-refractivity contribution in [3.8, 4) is 5.75 Å². The maximum absolute atomic E-state index is 12.0. The Labute approximate surface area is 126 Å². The third-order valence-corrected chi connectivity index (χ3v) is 3.02. The van der Waals surface area contributed by atoms with E-state index in [1.54, 1.807) is 12.1 Å². The fourth-order valence-electron chi connectivity index (χ4n) is 1.59. The van der Waals surface area contributed by atoms with Gasteiger partial charge >= 0.3 is 6.18 Å². The minimum Gasteiger partial charge on any atom is -0.484 e. The van der Waals surface area contributed by atoms with Crippen molar-refractivity contribution < 1.29 is 22.7 Å². The van der Waals surface area contributed by atoms with Gasteiger partial charge in [0, 0.05) is 6.54 Å². The van der Waals surface area contributed by atoms with Crippen molar-refractivity contribution in [1.82, 2.24) is 5.32 Å². The van der Waals surface area contributed by atoms with E-state index in [0.717, 1.165) is 5.56 Å². The Morgan fingerprint density at radius 2 is 1.86 bits per heavy atom. The molecule has 8 heteroatoms. The number of nitrogens with one attached hydrogen (secondary N) is 1. The van der Waals surface area contributed by atoms with Gasteiger partial charge in [0.15, 0.2) is 6.61 Å². The highest BCUT2D eigenvalue weighted by molar-refractivity contribution is 5.88. The highest BCUT2D eigenvalue weighted by atomic mass is 35.5. The Morgan fingerprint density at radius 3 is 2.33 bits per heavy atom. The first kappa shape index (κ1) is 17.6. The number of carbonyl (C=O) groups excluding carboxylic acids is 1. The van der Waals surface area contributed by atoms with Gasteiger partial charge in [0.1, 0.15) is 5.75 Å². The van der Waals surface area contributed by atoms with E-state index in [1.807, 2.05) is 0 Å². The van der Waals surface area contributed by atoms with Gasteiger partial charge in [0.25, 0.3) is 0 Å². The lowest BCUT2D eigenvalue weighted by Gasteiger charge is -2.11. The molecule has 1 aromatic carbocycles. The Bertz CT molecular complexity index is 487. The highest BCUT2D eigenvalue weighted by Crippen LogP contribution is 2.32. The average Bonchev–Trinajstić information content (AvgIpc) is 3.13. The lowest BCUT2D eigenvalue weighted by atomic mass is 10.2. The number of benzene rings is 1. The van der Waals surface area contributed by atoms with Gasteiger partial charge < -0.3 is 15.8 Å². The number of nitrogens with two attached hydrogens (primary N) is 1. The molecule has 0 radical (unpaired) electrons. The number of hydrogen-bond acceptors (Lipinski definition) is 3. The monoisotopic (exact) mass is 324 g/mol.